The number of hydrogen-bond acceptors (Lipinski definition) is 6. The molecule has 9 nitrogen and oxygen atoms in total. The molecule has 0 spiro atoms. The maximum atomic E-state index is 12.9. The second kappa shape index (κ2) is 10.4. The third-order valence-electron chi connectivity index (χ3n) is 6.63. The van der Waals surface area contributed by atoms with Crippen molar-refractivity contribution in [2.45, 2.75) is 0 Å². The van der Waals surface area contributed by atoms with E-state index in [9.17, 15) is 14.7 Å². The zero-order valence-corrected chi connectivity index (χ0v) is 22.8. The molecule has 0 unspecified atom stereocenters. The molecule has 0 fully saturated rings. The van der Waals surface area contributed by atoms with Gasteiger partial charge in [0.15, 0.2) is 11.5 Å². The van der Waals surface area contributed by atoms with E-state index in [1.165, 1.54) is 4.57 Å². The predicted octanol–water partition coefficient (Wildman–Crippen LogP) is 4.77. The van der Waals surface area contributed by atoms with Crippen LogP contribution >= 0.6 is 11.6 Å². The molecular weight excluding hydrogens is 518 g/mol. The molecule has 39 heavy (non-hydrogen) atoms. The summed E-state index contributed by atoms with van der Waals surface area (Å²) < 4.78 is 6.83. The molecular formula is C29H28ClN5O4. The Labute approximate surface area is 229 Å². The summed E-state index contributed by atoms with van der Waals surface area (Å²) in [4.78, 5) is 36.5. The third kappa shape index (κ3) is 5.19. The van der Waals surface area contributed by atoms with Crippen LogP contribution in [0.5, 0.6) is 5.88 Å². The van der Waals surface area contributed by atoms with Crippen molar-refractivity contribution in [3.05, 3.63) is 92.9 Å². The fourth-order valence-electron chi connectivity index (χ4n) is 4.42. The van der Waals surface area contributed by atoms with Crippen LogP contribution in [0.25, 0.3) is 22.0 Å². The average Bonchev–Trinajstić information content (AvgIpc) is 3.39. The highest BCUT2D eigenvalue weighted by Gasteiger charge is 2.21. The molecule has 10 heteroatoms. The van der Waals surface area contributed by atoms with Gasteiger partial charge in [-0.25, -0.2) is 9.79 Å². The largest absolute Gasteiger partial charge is 0.494 e. The van der Waals surface area contributed by atoms with Crippen molar-refractivity contribution in [1.82, 2.24) is 19.4 Å². The van der Waals surface area contributed by atoms with E-state index in [0.717, 1.165) is 11.9 Å². The summed E-state index contributed by atoms with van der Waals surface area (Å²) in [6.45, 7) is 1.37. The van der Waals surface area contributed by atoms with E-state index in [2.05, 4.69) is 4.98 Å². The van der Waals surface area contributed by atoms with Crippen molar-refractivity contribution in [1.29, 1.82) is 0 Å². The number of H-pyrrole nitrogens is 1. The summed E-state index contributed by atoms with van der Waals surface area (Å²) in [7, 11) is 7.34. The number of aliphatic imine (C=N–C) groups is 1. The number of hydrogen-bond donors (Lipinski definition) is 2. The van der Waals surface area contributed by atoms with Crippen LogP contribution in [0.2, 0.25) is 5.02 Å². The molecule has 0 saturated heterocycles. The van der Waals surface area contributed by atoms with Crippen molar-refractivity contribution >= 4 is 50.9 Å². The van der Waals surface area contributed by atoms with E-state index in [-0.39, 0.29) is 11.8 Å². The maximum absolute atomic E-state index is 12.9. The summed E-state index contributed by atoms with van der Waals surface area (Å²) in [5.74, 6) is -0.626. The quantitative estimate of drug-likeness (QED) is 0.286. The summed E-state index contributed by atoms with van der Waals surface area (Å²) >= 11 is 6.18. The van der Waals surface area contributed by atoms with Crippen LogP contribution in [0.1, 0.15) is 21.5 Å². The highest BCUT2D eigenvalue weighted by atomic mass is 35.5. The van der Waals surface area contributed by atoms with E-state index in [1.807, 2.05) is 31.1 Å². The molecule has 2 aromatic heterocycles. The van der Waals surface area contributed by atoms with E-state index in [4.69, 9.17) is 21.0 Å². The summed E-state index contributed by atoms with van der Waals surface area (Å²) in [6.07, 6.45) is 0. The van der Waals surface area contributed by atoms with E-state index >= 15 is 0 Å². The summed E-state index contributed by atoms with van der Waals surface area (Å²) in [6, 6.07) is 17.6. The Bertz CT molecular complexity index is 1780. The van der Waals surface area contributed by atoms with Crippen molar-refractivity contribution in [3.63, 3.8) is 0 Å². The average molecular weight is 546 g/mol. The van der Waals surface area contributed by atoms with E-state index < -0.39 is 5.76 Å². The molecule has 2 heterocycles. The Morgan fingerprint density at radius 3 is 2.46 bits per heavy atom. The molecule has 3 aromatic carbocycles. The molecule has 0 saturated carbocycles. The van der Waals surface area contributed by atoms with Gasteiger partial charge in [0.1, 0.15) is 0 Å². The van der Waals surface area contributed by atoms with Crippen LogP contribution in [0.15, 0.2) is 74.9 Å². The van der Waals surface area contributed by atoms with Gasteiger partial charge in [-0.05, 0) is 62.6 Å². The number of aromatic amines is 1. The number of carbonyl (C=O) groups excluding carboxylic acids is 1. The van der Waals surface area contributed by atoms with Gasteiger partial charge < -0.3 is 24.3 Å². The summed E-state index contributed by atoms with van der Waals surface area (Å²) in [5, 5.41) is 12.2. The van der Waals surface area contributed by atoms with Crippen LogP contribution in [0.4, 0.5) is 5.69 Å². The highest BCUT2D eigenvalue weighted by Crippen LogP contribution is 2.33. The highest BCUT2D eigenvalue weighted by molar-refractivity contribution is 6.31. The first-order valence-corrected chi connectivity index (χ1v) is 12.7. The first-order chi connectivity index (χ1) is 18.6. The Kier molecular flexibility index (Phi) is 7.03. The SMILES string of the molecule is CN(C)CCN(C)C(=O)c1ccc(N=C(c2ccc3c(c2)oc(=O)n3C)c2c(O)[nH]c3cc(Cl)ccc23)cc1. The van der Waals surface area contributed by atoms with E-state index in [0.29, 0.717) is 56.3 Å². The first-order valence-electron chi connectivity index (χ1n) is 12.3. The number of nitrogens with zero attached hydrogens (tertiary/aromatic N) is 4. The minimum Gasteiger partial charge on any atom is -0.494 e. The maximum Gasteiger partial charge on any atom is 0.419 e. The zero-order valence-electron chi connectivity index (χ0n) is 22.0. The lowest BCUT2D eigenvalue weighted by Crippen LogP contribution is -2.33. The minimum atomic E-state index is -0.471. The number of carbonyl (C=O) groups is 1. The van der Waals surface area contributed by atoms with Crippen molar-refractivity contribution in [3.8, 4) is 5.88 Å². The van der Waals surface area contributed by atoms with Crippen LogP contribution in [-0.4, -0.2) is 70.3 Å². The standard InChI is InChI=1S/C29H28ClN5O4/c1-33(2)13-14-34(3)28(37)17-5-9-20(10-6-17)31-26(18-7-12-23-24(15-18)39-29(38)35(23)4)25-21-11-8-19(30)16-22(21)32-27(25)36/h5-12,15-16,32,36H,13-14H2,1-4H3. The molecule has 1 amide bonds. The second-order valence-corrected chi connectivity index (χ2v) is 10.1. The summed E-state index contributed by atoms with van der Waals surface area (Å²) in [5.41, 5.74) is 4.38. The third-order valence-corrected chi connectivity index (χ3v) is 6.86. The number of oxazole rings is 1. The van der Waals surface area contributed by atoms with Gasteiger partial charge >= 0.3 is 5.76 Å². The van der Waals surface area contributed by atoms with E-state index in [1.54, 1.807) is 67.5 Å². The number of aromatic hydroxyl groups is 1. The molecule has 0 atom stereocenters. The molecule has 0 bridgehead atoms. The van der Waals surface area contributed by atoms with Gasteiger partial charge in [-0.2, -0.15) is 0 Å². The molecule has 0 aliphatic rings. The Morgan fingerprint density at radius 1 is 1.03 bits per heavy atom. The van der Waals surface area contributed by atoms with Crippen LogP contribution in [-0.2, 0) is 7.05 Å². The lowest BCUT2D eigenvalue weighted by atomic mass is 10.00. The van der Waals surface area contributed by atoms with Gasteiger partial charge in [0.2, 0.25) is 0 Å². The second-order valence-electron chi connectivity index (χ2n) is 9.69. The zero-order chi connectivity index (χ0) is 27.8. The number of benzene rings is 3. The lowest BCUT2D eigenvalue weighted by molar-refractivity contribution is 0.0786. The molecule has 0 aliphatic heterocycles. The van der Waals surface area contributed by atoms with Gasteiger partial charge in [-0.3, -0.25) is 9.36 Å². The molecule has 2 N–H and O–H groups in total. The molecule has 0 radical (unpaired) electrons. The number of aromatic nitrogens is 2. The Balaban J connectivity index is 1.60. The smallest absolute Gasteiger partial charge is 0.419 e. The number of fused-ring (bicyclic) bond motifs is 2. The normalized spacial score (nSPS) is 12.1. The monoisotopic (exact) mass is 545 g/mol. The number of amides is 1. The topological polar surface area (TPSA) is 107 Å². The lowest BCUT2D eigenvalue weighted by Gasteiger charge is -2.19. The van der Waals surface area contributed by atoms with Gasteiger partial charge in [0, 0.05) is 48.7 Å². The fraction of sp³-hybridized carbons (Fsp3) is 0.207. The molecule has 5 rings (SSSR count). The minimum absolute atomic E-state index is 0.0741. The Morgan fingerprint density at radius 2 is 1.74 bits per heavy atom. The van der Waals surface area contributed by atoms with Crippen LogP contribution in [0.3, 0.4) is 0 Å². The predicted molar refractivity (Wildman–Crippen MR) is 154 cm³/mol. The number of rotatable bonds is 7. The number of likely N-dealkylation sites (N-methyl/N-ethyl adjacent to an activating group) is 2. The van der Waals surface area contributed by atoms with Gasteiger partial charge in [0.05, 0.1) is 28.0 Å². The van der Waals surface area contributed by atoms with Crippen molar-refractivity contribution in [2.75, 3.05) is 34.2 Å². The van der Waals surface area contributed by atoms with Gasteiger partial charge in [-0.1, -0.05) is 23.7 Å². The number of halogens is 1. The molecule has 0 aliphatic carbocycles. The van der Waals surface area contributed by atoms with Crippen molar-refractivity contribution in [2.24, 2.45) is 12.0 Å². The molecule has 200 valence electrons. The number of aryl methyl sites for hydroxylation is 1. The molecule has 5 aromatic rings. The fourth-order valence-corrected chi connectivity index (χ4v) is 4.59. The van der Waals surface area contributed by atoms with Crippen molar-refractivity contribution < 1.29 is 14.3 Å². The Hall–Kier alpha value is -4.34. The number of nitrogens with one attached hydrogen (secondary N) is 1. The van der Waals surface area contributed by atoms with Crippen LogP contribution in [0, 0.1) is 0 Å². The van der Waals surface area contributed by atoms with Gasteiger partial charge in [-0.15, -0.1) is 0 Å². The van der Waals surface area contributed by atoms with Crippen LogP contribution < -0.4 is 5.76 Å². The van der Waals surface area contributed by atoms with Gasteiger partial charge in [0.25, 0.3) is 5.91 Å². The first kappa shape index (κ1) is 26.3.